The van der Waals surface area contributed by atoms with Crippen molar-refractivity contribution in [1.29, 1.82) is 0 Å². The zero-order valence-electron chi connectivity index (χ0n) is 20.1. The van der Waals surface area contributed by atoms with Crippen molar-refractivity contribution < 1.29 is 22.7 Å². The van der Waals surface area contributed by atoms with Gasteiger partial charge in [0, 0.05) is 23.5 Å². The number of benzene rings is 2. The molecule has 0 spiro atoms. The smallest absolute Gasteiger partial charge is 0.340 e. The first-order chi connectivity index (χ1) is 15.8. The molecule has 3 rings (SSSR count). The number of hydrogen-bond acceptors (Lipinski definition) is 5. The lowest BCUT2D eigenvalue weighted by molar-refractivity contribution is 0.0474. The normalized spacial score (nSPS) is 11.9. The van der Waals surface area contributed by atoms with Gasteiger partial charge in [-0.05, 0) is 48.6 Å². The molecule has 8 heteroatoms. The topological polar surface area (TPSA) is 108 Å². The Bertz CT molecular complexity index is 1310. The van der Waals surface area contributed by atoms with Gasteiger partial charge in [0.2, 0.25) is 10.0 Å². The van der Waals surface area contributed by atoms with Crippen molar-refractivity contribution in [2.75, 3.05) is 6.61 Å². The molecule has 0 atom stereocenters. The number of esters is 1. The van der Waals surface area contributed by atoms with Crippen LogP contribution in [0.2, 0.25) is 0 Å². The van der Waals surface area contributed by atoms with E-state index in [2.05, 4.69) is 20.8 Å². The first-order valence-electron chi connectivity index (χ1n) is 10.9. The fourth-order valence-corrected chi connectivity index (χ4v) is 4.18. The highest BCUT2D eigenvalue weighted by atomic mass is 32.2. The van der Waals surface area contributed by atoms with E-state index in [0.29, 0.717) is 23.4 Å². The van der Waals surface area contributed by atoms with Crippen LogP contribution in [0.4, 0.5) is 0 Å². The minimum absolute atomic E-state index is 0.0131. The maximum absolute atomic E-state index is 12.7. The van der Waals surface area contributed by atoms with Gasteiger partial charge in [-0.25, -0.2) is 18.4 Å². The lowest BCUT2D eigenvalue weighted by Crippen LogP contribution is -2.16. The molecule has 1 aromatic heterocycles. The number of Topliss-reactive ketones (excluding diaryl/α,β-unsaturated/α-hetero) is 1. The standard InChI is InChI=1S/C26H30N2O5S/c1-17-14-23(18(2)28(17)15-19-6-12-22(13-7-19)34(27,31)32)25(30)33-16-24(29)20-8-10-21(11-9-20)26(3,4)5/h6-14H,15-16H2,1-5H3,(H2,27,31,32). The van der Waals surface area contributed by atoms with Crippen LogP contribution in [-0.2, 0) is 26.7 Å². The molecule has 0 aliphatic rings. The van der Waals surface area contributed by atoms with Crippen LogP contribution >= 0.6 is 0 Å². The Kier molecular flexibility index (Phi) is 7.14. The molecule has 0 aliphatic carbocycles. The highest BCUT2D eigenvalue weighted by Gasteiger charge is 2.20. The van der Waals surface area contributed by atoms with Crippen molar-refractivity contribution in [3.05, 3.63) is 88.2 Å². The lowest BCUT2D eigenvalue weighted by Gasteiger charge is -2.18. The number of nitrogens with two attached hydrogens (primary N) is 1. The highest BCUT2D eigenvalue weighted by molar-refractivity contribution is 7.89. The number of nitrogens with zero attached hydrogens (tertiary/aromatic N) is 1. The van der Waals surface area contributed by atoms with E-state index in [4.69, 9.17) is 9.88 Å². The van der Waals surface area contributed by atoms with Crippen molar-refractivity contribution >= 4 is 21.8 Å². The van der Waals surface area contributed by atoms with Gasteiger partial charge in [0.05, 0.1) is 10.5 Å². The predicted octanol–water partition coefficient (Wildman–Crippen LogP) is 4.14. The molecule has 2 N–H and O–H groups in total. The van der Waals surface area contributed by atoms with Gasteiger partial charge in [0.15, 0.2) is 12.4 Å². The first kappa shape index (κ1) is 25.4. The SMILES string of the molecule is Cc1cc(C(=O)OCC(=O)c2ccc(C(C)(C)C)cc2)c(C)n1Cc1ccc(S(N)(=O)=O)cc1. The van der Waals surface area contributed by atoms with Crippen LogP contribution in [0.15, 0.2) is 59.5 Å². The van der Waals surface area contributed by atoms with Crippen LogP contribution in [0.3, 0.4) is 0 Å². The third kappa shape index (κ3) is 5.81. The molecule has 1 heterocycles. The number of primary sulfonamides is 1. The fraction of sp³-hybridized carbons (Fsp3) is 0.308. The van der Waals surface area contributed by atoms with Crippen molar-refractivity contribution in [1.82, 2.24) is 4.57 Å². The molecule has 0 bridgehead atoms. The van der Waals surface area contributed by atoms with Gasteiger partial charge in [-0.1, -0.05) is 57.2 Å². The van der Waals surface area contributed by atoms with Crippen LogP contribution < -0.4 is 5.14 Å². The molecule has 180 valence electrons. The number of aromatic nitrogens is 1. The van der Waals surface area contributed by atoms with Gasteiger partial charge in [-0.3, -0.25) is 4.79 Å². The molecule has 0 saturated heterocycles. The monoisotopic (exact) mass is 482 g/mol. The van der Waals surface area contributed by atoms with Gasteiger partial charge in [0.25, 0.3) is 0 Å². The summed E-state index contributed by atoms with van der Waals surface area (Å²) in [6.45, 7) is 10.1. The predicted molar refractivity (Wildman–Crippen MR) is 131 cm³/mol. The minimum Gasteiger partial charge on any atom is -0.454 e. The van der Waals surface area contributed by atoms with Gasteiger partial charge in [0.1, 0.15) is 0 Å². The average molecular weight is 483 g/mol. The maximum Gasteiger partial charge on any atom is 0.340 e. The number of ether oxygens (including phenoxy) is 1. The molecule has 2 aromatic carbocycles. The molecule has 0 radical (unpaired) electrons. The van der Waals surface area contributed by atoms with Crippen molar-refractivity contribution in [3.63, 3.8) is 0 Å². The summed E-state index contributed by atoms with van der Waals surface area (Å²) in [5.41, 5.74) is 4.37. The number of hydrogen-bond donors (Lipinski definition) is 1. The Morgan fingerprint density at radius 1 is 0.971 bits per heavy atom. The number of rotatable bonds is 7. The summed E-state index contributed by atoms with van der Waals surface area (Å²) in [5.74, 6) is -0.832. The average Bonchev–Trinajstić information content (AvgIpc) is 3.05. The van der Waals surface area contributed by atoms with E-state index in [9.17, 15) is 18.0 Å². The zero-order chi connectivity index (χ0) is 25.3. The Labute approximate surface area is 200 Å². The van der Waals surface area contributed by atoms with Crippen LogP contribution in [0.25, 0.3) is 0 Å². The maximum atomic E-state index is 12.7. The highest BCUT2D eigenvalue weighted by Crippen LogP contribution is 2.23. The van der Waals surface area contributed by atoms with E-state index in [1.165, 1.54) is 12.1 Å². The second-order valence-corrected chi connectivity index (χ2v) is 10.9. The van der Waals surface area contributed by atoms with Gasteiger partial charge < -0.3 is 9.30 Å². The van der Waals surface area contributed by atoms with E-state index in [1.54, 1.807) is 37.3 Å². The molecular weight excluding hydrogens is 452 g/mol. The summed E-state index contributed by atoms with van der Waals surface area (Å²) in [7, 11) is -3.75. The molecule has 3 aromatic rings. The van der Waals surface area contributed by atoms with Crippen molar-refractivity contribution in [3.8, 4) is 0 Å². The number of carbonyl (C=O) groups excluding carboxylic acids is 2. The Balaban J connectivity index is 1.68. The second-order valence-electron chi connectivity index (χ2n) is 9.39. The quantitative estimate of drug-likeness (QED) is 0.402. The van der Waals surface area contributed by atoms with Crippen molar-refractivity contribution in [2.45, 2.75) is 51.5 Å². The largest absolute Gasteiger partial charge is 0.454 e. The van der Waals surface area contributed by atoms with Crippen LogP contribution in [0.1, 0.15) is 64.0 Å². The van der Waals surface area contributed by atoms with Crippen LogP contribution in [-0.4, -0.2) is 31.3 Å². The zero-order valence-corrected chi connectivity index (χ0v) is 20.9. The van der Waals surface area contributed by atoms with E-state index in [1.807, 2.05) is 23.6 Å². The molecule has 0 saturated carbocycles. The fourth-order valence-electron chi connectivity index (χ4n) is 3.67. The third-order valence-electron chi connectivity index (χ3n) is 5.79. The molecule has 0 fully saturated rings. The molecule has 7 nitrogen and oxygen atoms in total. The summed E-state index contributed by atoms with van der Waals surface area (Å²) < 4.78 is 30.1. The van der Waals surface area contributed by atoms with Gasteiger partial charge in [-0.15, -0.1) is 0 Å². The number of carbonyl (C=O) groups is 2. The van der Waals surface area contributed by atoms with Crippen molar-refractivity contribution in [2.24, 2.45) is 5.14 Å². The summed E-state index contributed by atoms with van der Waals surface area (Å²) >= 11 is 0. The minimum atomic E-state index is -3.75. The summed E-state index contributed by atoms with van der Waals surface area (Å²) in [4.78, 5) is 25.2. The summed E-state index contributed by atoms with van der Waals surface area (Å²) in [5, 5.41) is 5.15. The van der Waals surface area contributed by atoms with Gasteiger partial charge >= 0.3 is 5.97 Å². The number of sulfonamides is 1. The van der Waals surface area contributed by atoms with E-state index >= 15 is 0 Å². The Morgan fingerprint density at radius 2 is 1.56 bits per heavy atom. The van der Waals surface area contributed by atoms with Crippen LogP contribution in [0.5, 0.6) is 0 Å². The van der Waals surface area contributed by atoms with Crippen LogP contribution in [0, 0.1) is 13.8 Å². The first-order valence-corrected chi connectivity index (χ1v) is 12.4. The third-order valence-corrected chi connectivity index (χ3v) is 6.72. The molecular formula is C26H30N2O5S. The Hall–Kier alpha value is -3.23. The lowest BCUT2D eigenvalue weighted by atomic mass is 9.86. The van der Waals surface area contributed by atoms with Gasteiger partial charge in [-0.2, -0.15) is 0 Å². The van der Waals surface area contributed by atoms with E-state index in [0.717, 1.165) is 16.8 Å². The molecule has 0 unspecified atom stereocenters. The molecule has 34 heavy (non-hydrogen) atoms. The molecule has 0 amide bonds. The van der Waals surface area contributed by atoms with E-state index < -0.39 is 16.0 Å². The summed E-state index contributed by atoms with van der Waals surface area (Å²) in [6.07, 6.45) is 0. The molecule has 0 aliphatic heterocycles. The Morgan fingerprint density at radius 3 is 2.09 bits per heavy atom. The second kappa shape index (κ2) is 9.56. The van der Waals surface area contributed by atoms with E-state index in [-0.39, 0.29) is 22.7 Å². The number of ketones is 1. The number of aryl methyl sites for hydroxylation is 1. The summed E-state index contributed by atoms with van der Waals surface area (Å²) in [6, 6.07) is 15.3.